The van der Waals surface area contributed by atoms with Gasteiger partial charge in [-0.15, -0.1) is 0 Å². The third kappa shape index (κ3) is 1.87. The molecule has 3 N–H and O–H groups in total. The predicted octanol–water partition coefficient (Wildman–Crippen LogP) is 1.59. The maximum absolute atomic E-state index is 12.0. The predicted molar refractivity (Wildman–Crippen MR) is 78.2 cm³/mol. The molecule has 1 heterocycles. The number of nitrogen functional groups attached to an aromatic ring is 1. The summed E-state index contributed by atoms with van der Waals surface area (Å²) in [6.07, 6.45) is 0.179. The molecule has 102 valence electrons. The molecule has 1 fully saturated rings. The maximum atomic E-state index is 12.0. The van der Waals surface area contributed by atoms with Gasteiger partial charge in [-0.2, -0.15) is 0 Å². The molecule has 1 atom stereocenters. The molecule has 2 amide bonds. The number of amides is 2. The van der Waals surface area contributed by atoms with Crippen LogP contribution in [0.1, 0.15) is 6.42 Å². The Labute approximate surface area is 116 Å². The molecule has 5 heteroatoms. The Bertz CT molecular complexity index is 706. The van der Waals surface area contributed by atoms with Crippen LogP contribution < -0.4 is 11.1 Å². The lowest BCUT2D eigenvalue weighted by molar-refractivity contribution is -0.136. The summed E-state index contributed by atoms with van der Waals surface area (Å²) < 4.78 is 0. The van der Waals surface area contributed by atoms with Crippen LogP contribution >= 0.6 is 0 Å². The number of nitrogens with two attached hydrogens (primary N) is 1. The van der Waals surface area contributed by atoms with Gasteiger partial charge in [0.1, 0.15) is 6.04 Å². The van der Waals surface area contributed by atoms with Crippen LogP contribution in [0.4, 0.5) is 11.4 Å². The monoisotopic (exact) mass is 269 g/mol. The quantitative estimate of drug-likeness (QED) is 0.641. The largest absolute Gasteiger partial charge is 0.398 e. The van der Waals surface area contributed by atoms with E-state index in [0.29, 0.717) is 5.69 Å². The van der Waals surface area contributed by atoms with E-state index in [1.165, 1.54) is 7.05 Å². The van der Waals surface area contributed by atoms with E-state index in [4.69, 9.17) is 5.73 Å². The second-order valence-corrected chi connectivity index (χ2v) is 4.94. The summed E-state index contributed by atoms with van der Waals surface area (Å²) in [5, 5.41) is 5.02. The summed E-state index contributed by atoms with van der Waals surface area (Å²) in [4.78, 5) is 24.7. The van der Waals surface area contributed by atoms with Crippen molar-refractivity contribution in [3.05, 3.63) is 36.4 Å². The zero-order chi connectivity index (χ0) is 14.3. The van der Waals surface area contributed by atoms with Gasteiger partial charge in [0, 0.05) is 23.8 Å². The minimum Gasteiger partial charge on any atom is -0.398 e. The van der Waals surface area contributed by atoms with E-state index in [2.05, 4.69) is 5.32 Å². The van der Waals surface area contributed by atoms with Crippen LogP contribution in [0.3, 0.4) is 0 Å². The van der Waals surface area contributed by atoms with Gasteiger partial charge in [-0.3, -0.25) is 14.5 Å². The van der Waals surface area contributed by atoms with E-state index in [1.807, 2.05) is 36.4 Å². The van der Waals surface area contributed by atoms with E-state index in [-0.39, 0.29) is 18.2 Å². The summed E-state index contributed by atoms with van der Waals surface area (Å²) in [7, 11) is 1.50. The van der Waals surface area contributed by atoms with Crippen molar-refractivity contribution >= 4 is 34.0 Å². The topological polar surface area (TPSA) is 75.4 Å². The SMILES string of the molecule is CN1C(=O)C[C@@H](Nc2cccc3cccc(N)c23)C1=O. The van der Waals surface area contributed by atoms with Gasteiger partial charge in [-0.1, -0.05) is 24.3 Å². The van der Waals surface area contributed by atoms with Gasteiger partial charge >= 0.3 is 0 Å². The molecular formula is C15H15N3O2. The lowest BCUT2D eigenvalue weighted by Gasteiger charge is -2.15. The van der Waals surface area contributed by atoms with Crippen molar-refractivity contribution in [2.45, 2.75) is 12.5 Å². The van der Waals surface area contributed by atoms with E-state index in [1.54, 1.807) is 0 Å². The average Bonchev–Trinajstić information content (AvgIpc) is 2.67. The van der Waals surface area contributed by atoms with Gasteiger partial charge in [0.15, 0.2) is 0 Å². The molecule has 0 bridgehead atoms. The first-order valence-electron chi connectivity index (χ1n) is 6.42. The van der Waals surface area contributed by atoms with Gasteiger partial charge in [0.2, 0.25) is 5.91 Å². The Hall–Kier alpha value is -2.56. The van der Waals surface area contributed by atoms with Crippen molar-refractivity contribution < 1.29 is 9.59 Å². The van der Waals surface area contributed by atoms with Gasteiger partial charge in [0.05, 0.1) is 6.42 Å². The first-order valence-corrected chi connectivity index (χ1v) is 6.42. The lowest BCUT2D eigenvalue weighted by Crippen LogP contribution is -2.31. The normalized spacial score (nSPS) is 18.9. The van der Waals surface area contributed by atoms with Gasteiger partial charge < -0.3 is 11.1 Å². The van der Waals surface area contributed by atoms with Gasteiger partial charge in [-0.25, -0.2) is 0 Å². The molecule has 1 aliphatic heterocycles. The van der Waals surface area contributed by atoms with Gasteiger partial charge in [-0.05, 0) is 17.5 Å². The zero-order valence-corrected chi connectivity index (χ0v) is 11.1. The molecule has 2 aromatic rings. The minimum absolute atomic E-state index is 0.166. The summed E-state index contributed by atoms with van der Waals surface area (Å²) >= 11 is 0. The maximum Gasteiger partial charge on any atom is 0.251 e. The molecular weight excluding hydrogens is 254 g/mol. The van der Waals surface area contributed by atoms with Crippen molar-refractivity contribution in [2.75, 3.05) is 18.1 Å². The third-order valence-corrected chi connectivity index (χ3v) is 3.65. The van der Waals surface area contributed by atoms with Crippen molar-refractivity contribution in [2.24, 2.45) is 0 Å². The Morgan fingerprint density at radius 3 is 2.55 bits per heavy atom. The van der Waals surface area contributed by atoms with E-state index >= 15 is 0 Å². The Morgan fingerprint density at radius 2 is 1.90 bits per heavy atom. The number of fused-ring (bicyclic) bond motifs is 1. The van der Waals surface area contributed by atoms with E-state index < -0.39 is 6.04 Å². The first kappa shape index (κ1) is 12.5. The highest BCUT2D eigenvalue weighted by Gasteiger charge is 2.36. The molecule has 0 aromatic heterocycles. The standard InChI is InChI=1S/C15H15N3O2/c1-18-13(19)8-12(15(18)20)17-11-7-3-5-9-4-2-6-10(16)14(9)11/h2-7,12,17H,8,16H2,1H3/t12-/m1/s1. The number of nitrogens with zero attached hydrogens (tertiary/aromatic N) is 1. The number of anilines is 2. The number of hydrogen-bond donors (Lipinski definition) is 2. The number of benzene rings is 2. The Morgan fingerprint density at radius 1 is 1.20 bits per heavy atom. The van der Waals surface area contributed by atoms with Crippen molar-refractivity contribution in [3.8, 4) is 0 Å². The first-order chi connectivity index (χ1) is 9.58. The highest BCUT2D eigenvalue weighted by atomic mass is 16.2. The fourth-order valence-electron chi connectivity index (χ4n) is 2.55. The molecule has 1 saturated heterocycles. The molecule has 2 aromatic carbocycles. The summed E-state index contributed by atoms with van der Waals surface area (Å²) in [5.41, 5.74) is 7.45. The fourth-order valence-corrected chi connectivity index (χ4v) is 2.55. The fraction of sp³-hybridized carbons (Fsp3) is 0.200. The number of likely N-dealkylation sites (tertiary alicyclic amines) is 1. The highest BCUT2D eigenvalue weighted by molar-refractivity contribution is 6.08. The van der Waals surface area contributed by atoms with Crippen molar-refractivity contribution in [1.29, 1.82) is 0 Å². The number of hydrogen-bond acceptors (Lipinski definition) is 4. The van der Waals surface area contributed by atoms with E-state index in [9.17, 15) is 9.59 Å². The molecule has 0 spiro atoms. The number of likely N-dealkylation sites (N-methyl/N-ethyl adjacent to an activating group) is 1. The van der Waals surface area contributed by atoms with Crippen LogP contribution in [0, 0.1) is 0 Å². The Balaban J connectivity index is 2.00. The number of rotatable bonds is 2. The number of carbonyl (C=O) groups is 2. The number of nitrogens with one attached hydrogen (secondary N) is 1. The second kappa shape index (κ2) is 4.52. The zero-order valence-electron chi connectivity index (χ0n) is 11.1. The molecule has 0 aliphatic carbocycles. The van der Waals surface area contributed by atoms with Crippen molar-refractivity contribution in [1.82, 2.24) is 4.90 Å². The lowest BCUT2D eigenvalue weighted by atomic mass is 10.1. The third-order valence-electron chi connectivity index (χ3n) is 3.65. The smallest absolute Gasteiger partial charge is 0.251 e. The van der Waals surface area contributed by atoms with Crippen LogP contribution in [-0.4, -0.2) is 29.8 Å². The van der Waals surface area contributed by atoms with Crippen LogP contribution in [0.5, 0.6) is 0 Å². The number of carbonyl (C=O) groups excluding carboxylic acids is 2. The Kier molecular flexibility index (Phi) is 2.82. The average molecular weight is 269 g/mol. The second-order valence-electron chi connectivity index (χ2n) is 4.94. The summed E-state index contributed by atoms with van der Waals surface area (Å²) in [5.74, 6) is -0.373. The minimum atomic E-state index is -0.516. The summed E-state index contributed by atoms with van der Waals surface area (Å²) in [6.45, 7) is 0. The molecule has 0 unspecified atom stereocenters. The molecule has 3 rings (SSSR count). The van der Waals surface area contributed by atoms with Gasteiger partial charge in [0.25, 0.3) is 5.91 Å². The molecule has 20 heavy (non-hydrogen) atoms. The van der Waals surface area contributed by atoms with Crippen LogP contribution in [0.15, 0.2) is 36.4 Å². The van der Waals surface area contributed by atoms with Crippen LogP contribution in [0.25, 0.3) is 10.8 Å². The molecule has 5 nitrogen and oxygen atoms in total. The molecule has 0 radical (unpaired) electrons. The summed E-state index contributed by atoms with van der Waals surface area (Å²) in [6, 6.07) is 10.9. The molecule has 1 aliphatic rings. The van der Waals surface area contributed by atoms with Crippen LogP contribution in [0.2, 0.25) is 0 Å². The number of imide groups is 1. The highest BCUT2D eigenvalue weighted by Crippen LogP contribution is 2.30. The van der Waals surface area contributed by atoms with E-state index in [0.717, 1.165) is 21.4 Å². The van der Waals surface area contributed by atoms with Crippen LogP contribution in [-0.2, 0) is 9.59 Å². The molecule has 0 saturated carbocycles. The van der Waals surface area contributed by atoms with Crippen molar-refractivity contribution in [3.63, 3.8) is 0 Å².